The third-order valence-electron chi connectivity index (χ3n) is 0.912. The van der Waals surface area contributed by atoms with Gasteiger partial charge in [-0.05, 0) is 13.8 Å². The third kappa shape index (κ3) is 7.31. The van der Waals surface area contributed by atoms with Crippen LogP contribution in [0, 0.1) is 12.8 Å². The van der Waals surface area contributed by atoms with Crippen molar-refractivity contribution in [1.29, 1.82) is 0 Å². The quantitative estimate of drug-likeness (QED) is 0.282. The molecule has 0 aliphatic rings. The van der Waals surface area contributed by atoms with Gasteiger partial charge >= 0.3 is 17.1 Å². The van der Waals surface area contributed by atoms with Crippen molar-refractivity contribution < 1.29 is 36.2 Å². The summed E-state index contributed by atoms with van der Waals surface area (Å²) in [6.07, 6.45) is 1.31. The summed E-state index contributed by atoms with van der Waals surface area (Å²) in [5.41, 5.74) is 0. The Hall–Kier alpha value is -1.06. The van der Waals surface area contributed by atoms with Crippen LogP contribution in [-0.2, 0) is 36.2 Å². The number of carbonyl (C=O) groups excluding carboxylic acids is 4. The van der Waals surface area contributed by atoms with E-state index < -0.39 is 23.1 Å². The zero-order chi connectivity index (χ0) is 9.72. The van der Waals surface area contributed by atoms with E-state index in [2.05, 4.69) is 0 Å². The van der Waals surface area contributed by atoms with Crippen LogP contribution in [0.3, 0.4) is 0 Å². The first-order valence-corrected chi connectivity index (χ1v) is 3.22. The predicted molar refractivity (Wildman–Crippen MR) is 40.0 cm³/mol. The second-order valence-corrected chi connectivity index (χ2v) is 2.24. The zero-order valence-corrected chi connectivity index (χ0v) is 8.03. The van der Waals surface area contributed by atoms with Gasteiger partial charge in [0.15, 0.2) is 0 Å². The second kappa shape index (κ2) is 6.45. The average Bonchev–Trinajstić information content (AvgIpc) is 1.84. The van der Waals surface area contributed by atoms with Gasteiger partial charge in [0.2, 0.25) is 0 Å². The topological polar surface area (TPSA) is 68.3 Å². The van der Waals surface area contributed by atoms with Crippen molar-refractivity contribution >= 4 is 23.1 Å². The van der Waals surface area contributed by atoms with Gasteiger partial charge in [-0.2, -0.15) is 0 Å². The second-order valence-electron chi connectivity index (χ2n) is 2.24. The normalized spacial score (nSPS) is 7.85. The Bertz CT molecular complexity index is 219. The Balaban J connectivity index is 0. The number of ketones is 4. The summed E-state index contributed by atoms with van der Waals surface area (Å²) >= 11 is 0. The van der Waals surface area contributed by atoms with Crippen LogP contribution in [0.2, 0.25) is 0 Å². The maximum atomic E-state index is 10.7. The van der Waals surface area contributed by atoms with Gasteiger partial charge in [0, 0.05) is 0 Å². The van der Waals surface area contributed by atoms with Gasteiger partial charge in [0.1, 0.15) is 0 Å². The van der Waals surface area contributed by atoms with Crippen LogP contribution in [0.15, 0.2) is 0 Å². The predicted octanol–water partition coefficient (Wildman–Crippen LogP) is -0.291. The summed E-state index contributed by atoms with van der Waals surface area (Å²) in [7, 11) is 0. The average molecular weight is 232 g/mol. The van der Waals surface area contributed by atoms with E-state index in [1.54, 1.807) is 0 Å². The molecule has 75 valence electrons. The first-order valence-electron chi connectivity index (χ1n) is 3.22. The summed E-state index contributed by atoms with van der Waals surface area (Å²) in [6.45, 7) is 2.30. The summed E-state index contributed by atoms with van der Waals surface area (Å²) in [5, 5.41) is 0. The molecule has 0 heterocycles. The van der Waals surface area contributed by atoms with Gasteiger partial charge in [0.05, 0.1) is 11.6 Å². The Labute approximate surface area is 86.5 Å². The molecule has 0 aromatic carbocycles. The van der Waals surface area contributed by atoms with Crippen LogP contribution in [0.5, 0.6) is 0 Å². The molecule has 0 amide bonds. The van der Waals surface area contributed by atoms with Gasteiger partial charge in [-0.15, -0.1) is 0 Å². The molecule has 5 heteroatoms. The minimum atomic E-state index is -0.960. The number of carbonyl (C=O) groups is 4. The standard InChI is InChI=1S/C8H8O4.Cu/c1-5(9)3-7(11)8(12)4-6(2)10;/h3-4H,1-2H3;/q-2;+2. The van der Waals surface area contributed by atoms with Crippen molar-refractivity contribution in [3.8, 4) is 0 Å². The molecule has 0 rings (SSSR count). The van der Waals surface area contributed by atoms with Crippen LogP contribution in [-0.4, -0.2) is 23.1 Å². The Morgan fingerprint density at radius 2 is 1.00 bits per heavy atom. The summed E-state index contributed by atoms with van der Waals surface area (Å²) in [6, 6.07) is 0. The molecule has 0 N–H and O–H groups in total. The molecule has 0 saturated heterocycles. The largest absolute Gasteiger partial charge is 2.00 e. The van der Waals surface area contributed by atoms with Crippen LogP contribution in [0.1, 0.15) is 13.8 Å². The van der Waals surface area contributed by atoms with Crippen LogP contribution in [0.25, 0.3) is 0 Å². The minimum absolute atomic E-state index is 0. The van der Waals surface area contributed by atoms with E-state index in [0.29, 0.717) is 12.8 Å². The van der Waals surface area contributed by atoms with E-state index in [9.17, 15) is 19.2 Å². The fourth-order valence-corrected chi connectivity index (χ4v) is 0.511. The SMILES string of the molecule is CC(=O)[CH-]C(=O)C(=O)[CH-]C(C)=O.[Cu+2]. The summed E-state index contributed by atoms with van der Waals surface area (Å²) in [5.74, 6) is -2.94. The van der Waals surface area contributed by atoms with Crippen LogP contribution in [0.4, 0.5) is 0 Å². The van der Waals surface area contributed by atoms with E-state index in [-0.39, 0.29) is 17.1 Å². The number of hydrogen-bond acceptors (Lipinski definition) is 4. The molecule has 0 fully saturated rings. The van der Waals surface area contributed by atoms with E-state index >= 15 is 0 Å². The molecule has 0 aromatic rings. The molecule has 0 aliphatic heterocycles. The van der Waals surface area contributed by atoms with Crippen molar-refractivity contribution in [2.24, 2.45) is 0 Å². The minimum Gasteiger partial charge on any atom is -0.439 e. The summed E-state index contributed by atoms with van der Waals surface area (Å²) < 4.78 is 0. The Morgan fingerprint density at radius 1 is 0.769 bits per heavy atom. The number of rotatable bonds is 5. The van der Waals surface area contributed by atoms with Gasteiger partial charge < -0.3 is 19.2 Å². The molecule has 0 aliphatic carbocycles. The fourth-order valence-electron chi connectivity index (χ4n) is 0.511. The number of Topliss-reactive ketones (excluding diaryl/α,β-unsaturated/α-hetero) is 4. The van der Waals surface area contributed by atoms with Gasteiger partial charge in [0.25, 0.3) is 0 Å². The van der Waals surface area contributed by atoms with Gasteiger partial charge in [-0.1, -0.05) is 11.6 Å². The van der Waals surface area contributed by atoms with E-state index in [0.717, 1.165) is 13.8 Å². The van der Waals surface area contributed by atoms with Crippen molar-refractivity contribution in [2.75, 3.05) is 0 Å². The molecule has 0 aromatic heterocycles. The number of hydrogen-bond donors (Lipinski definition) is 0. The van der Waals surface area contributed by atoms with E-state index in [1.807, 2.05) is 0 Å². The monoisotopic (exact) mass is 231 g/mol. The summed E-state index contributed by atoms with van der Waals surface area (Å²) in [4.78, 5) is 42.0. The Morgan fingerprint density at radius 3 is 1.15 bits per heavy atom. The molecular weight excluding hydrogens is 224 g/mol. The Kier molecular flexibility index (Phi) is 7.18. The van der Waals surface area contributed by atoms with Crippen molar-refractivity contribution in [3.63, 3.8) is 0 Å². The molecular formula is C8H8CuO4. The molecule has 0 bridgehead atoms. The first-order chi connectivity index (χ1) is 5.43. The molecule has 0 atom stereocenters. The maximum absolute atomic E-state index is 10.7. The fraction of sp³-hybridized carbons (Fsp3) is 0.250. The van der Waals surface area contributed by atoms with E-state index in [1.165, 1.54) is 0 Å². The molecule has 4 nitrogen and oxygen atoms in total. The van der Waals surface area contributed by atoms with Crippen molar-refractivity contribution in [3.05, 3.63) is 12.8 Å². The maximum Gasteiger partial charge on any atom is 2.00 e. The van der Waals surface area contributed by atoms with Crippen LogP contribution >= 0.6 is 0 Å². The molecule has 1 radical (unpaired) electrons. The molecule has 0 spiro atoms. The molecule has 0 saturated carbocycles. The third-order valence-corrected chi connectivity index (χ3v) is 0.912. The zero-order valence-electron chi connectivity index (χ0n) is 7.09. The molecule has 13 heavy (non-hydrogen) atoms. The van der Waals surface area contributed by atoms with Gasteiger partial charge in [-0.3, -0.25) is 0 Å². The van der Waals surface area contributed by atoms with Crippen molar-refractivity contribution in [1.82, 2.24) is 0 Å². The first kappa shape index (κ1) is 14.5. The van der Waals surface area contributed by atoms with E-state index in [4.69, 9.17) is 0 Å². The smallest absolute Gasteiger partial charge is 0.439 e. The van der Waals surface area contributed by atoms with Gasteiger partial charge in [-0.25, -0.2) is 12.8 Å². The molecule has 0 unspecified atom stereocenters. The van der Waals surface area contributed by atoms with Crippen LogP contribution < -0.4 is 0 Å². The van der Waals surface area contributed by atoms with Crippen molar-refractivity contribution in [2.45, 2.75) is 13.8 Å².